The normalized spacial score (nSPS) is 15.9. The summed E-state index contributed by atoms with van der Waals surface area (Å²) in [4.78, 5) is 33.0. The van der Waals surface area contributed by atoms with Gasteiger partial charge in [-0.2, -0.15) is 0 Å². The number of aliphatic hydroxyl groups is 1. The van der Waals surface area contributed by atoms with E-state index in [4.69, 9.17) is 20.8 Å². The molecule has 0 aliphatic carbocycles. The number of hydrogen-bond donors (Lipinski definition) is 1. The van der Waals surface area contributed by atoms with Crippen LogP contribution in [-0.2, 0) is 4.79 Å². The van der Waals surface area contributed by atoms with Crippen molar-refractivity contribution in [3.63, 3.8) is 0 Å². The smallest absolute Gasteiger partial charge is 0.296 e. The minimum atomic E-state index is -1.08. The molecular weight excluding hydrogens is 546 g/mol. The highest BCUT2D eigenvalue weighted by molar-refractivity contribution is 7.22. The Bertz CT molecular complexity index is 1740. The van der Waals surface area contributed by atoms with Crippen molar-refractivity contribution in [2.75, 3.05) is 12.0 Å². The first-order chi connectivity index (χ1) is 17.8. The predicted molar refractivity (Wildman–Crippen MR) is 136 cm³/mol. The molecule has 186 valence electrons. The maximum absolute atomic E-state index is 13.8. The number of hydrogen-bond acceptors (Lipinski definition) is 8. The van der Waals surface area contributed by atoms with E-state index in [-0.39, 0.29) is 27.6 Å². The molecule has 12 heteroatoms. The van der Waals surface area contributed by atoms with Crippen LogP contribution in [-0.4, -0.2) is 28.9 Å². The molecule has 0 saturated carbocycles. The van der Waals surface area contributed by atoms with Crippen molar-refractivity contribution < 1.29 is 32.6 Å². The molecule has 1 N–H and O–H groups in total. The summed E-state index contributed by atoms with van der Waals surface area (Å²) in [5.41, 5.74) is 0.199. The van der Waals surface area contributed by atoms with Crippen LogP contribution >= 0.6 is 34.3 Å². The molecule has 0 saturated heterocycles. The molecule has 4 heterocycles. The molecule has 0 fully saturated rings. The highest BCUT2D eigenvalue weighted by Crippen LogP contribution is 2.46. The fraction of sp³-hybridized carbons (Fsp3) is 0.0800. The average Bonchev–Trinajstić information content (AvgIpc) is 3.65. The van der Waals surface area contributed by atoms with Crippen molar-refractivity contribution in [3.8, 4) is 5.75 Å². The van der Waals surface area contributed by atoms with Crippen molar-refractivity contribution >= 4 is 72.3 Å². The van der Waals surface area contributed by atoms with Crippen LogP contribution in [0, 0.1) is 11.6 Å². The number of carbonyl (C=O) groups excluding carboxylic acids is 2. The van der Waals surface area contributed by atoms with Crippen LogP contribution in [0.2, 0.25) is 5.02 Å². The molecule has 0 radical (unpaired) electrons. The Morgan fingerprint density at radius 2 is 2.00 bits per heavy atom. The fourth-order valence-electron chi connectivity index (χ4n) is 4.25. The summed E-state index contributed by atoms with van der Waals surface area (Å²) in [5.74, 6) is -4.33. The van der Waals surface area contributed by atoms with E-state index in [1.54, 1.807) is 23.6 Å². The number of methoxy groups -OCH3 is 1. The lowest BCUT2D eigenvalue weighted by Crippen LogP contribution is -2.30. The molecule has 3 aromatic heterocycles. The highest BCUT2D eigenvalue weighted by Gasteiger charge is 2.47. The van der Waals surface area contributed by atoms with E-state index in [0.717, 1.165) is 28.4 Å². The number of furan rings is 1. The van der Waals surface area contributed by atoms with E-state index in [0.29, 0.717) is 25.7 Å². The zero-order valence-electron chi connectivity index (χ0n) is 18.6. The second kappa shape index (κ2) is 8.65. The number of nitrogens with zero attached hydrogens (tertiary/aromatic N) is 2. The lowest BCUT2D eigenvalue weighted by Gasteiger charge is -2.22. The largest absolute Gasteiger partial charge is 0.503 e. The second-order valence-corrected chi connectivity index (χ2v) is 10.5. The number of Topliss-reactive ketones (excluding diaryl/α,β-unsaturated/α-hetero) is 1. The maximum Gasteiger partial charge on any atom is 0.296 e. The Morgan fingerprint density at radius 1 is 1.22 bits per heavy atom. The summed E-state index contributed by atoms with van der Waals surface area (Å²) >= 11 is 8.33. The maximum atomic E-state index is 13.8. The summed E-state index contributed by atoms with van der Waals surface area (Å²) in [5, 5.41) is 13.6. The van der Waals surface area contributed by atoms with E-state index in [2.05, 4.69) is 4.98 Å². The van der Waals surface area contributed by atoms with E-state index >= 15 is 0 Å². The van der Waals surface area contributed by atoms with Crippen LogP contribution in [0.15, 0.2) is 63.6 Å². The van der Waals surface area contributed by atoms with Crippen molar-refractivity contribution in [2.45, 2.75) is 6.04 Å². The number of benzene rings is 2. The van der Waals surface area contributed by atoms with E-state index in [1.807, 2.05) is 0 Å². The Hall–Kier alpha value is -3.80. The lowest BCUT2D eigenvalue weighted by molar-refractivity contribution is -0.117. The van der Waals surface area contributed by atoms with Gasteiger partial charge in [-0.15, -0.1) is 11.3 Å². The fourth-order valence-corrected chi connectivity index (χ4v) is 6.29. The molecule has 1 aliphatic heterocycles. The molecule has 5 aromatic rings. The third-order valence-corrected chi connectivity index (χ3v) is 8.04. The summed E-state index contributed by atoms with van der Waals surface area (Å²) in [6, 6.07) is 8.88. The molecule has 1 atom stereocenters. The van der Waals surface area contributed by atoms with Gasteiger partial charge in [0.2, 0.25) is 5.78 Å². The molecule has 7 nitrogen and oxygen atoms in total. The number of aromatic nitrogens is 1. The van der Waals surface area contributed by atoms with Crippen molar-refractivity contribution in [1.82, 2.24) is 4.98 Å². The number of aliphatic hydroxyl groups excluding tert-OH is 1. The monoisotopic (exact) mass is 558 g/mol. The summed E-state index contributed by atoms with van der Waals surface area (Å²) in [6.07, 6.45) is 0. The topological polar surface area (TPSA) is 92.9 Å². The van der Waals surface area contributed by atoms with Gasteiger partial charge in [0.05, 0.1) is 22.9 Å². The van der Waals surface area contributed by atoms with Crippen molar-refractivity contribution in [2.24, 2.45) is 0 Å². The van der Waals surface area contributed by atoms with Crippen LogP contribution in [0.4, 0.5) is 13.9 Å². The SMILES string of the molecule is COc1cc(Cl)cc2cc(C(=O)C3=C(O)C(=O)N(c4nc5cc(F)c(F)cc5s4)C3c3cccs3)oc12. The molecule has 2 aromatic carbocycles. The zero-order chi connectivity index (χ0) is 26.0. The van der Waals surface area contributed by atoms with Gasteiger partial charge in [-0.1, -0.05) is 29.0 Å². The number of thiophene rings is 1. The Kier molecular flexibility index (Phi) is 5.51. The number of carbonyl (C=O) groups is 2. The second-order valence-electron chi connectivity index (χ2n) is 8.05. The van der Waals surface area contributed by atoms with Gasteiger partial charge in [0.25, 0.3) is 5.91 Å². The molecule has 0 bridgehead atoms. The van der Waals surface area contributed by atoms with E-state index in [9.17, 15) is 23.5 Å². The molecule has 1 aliphatic rings. The number of rotatable bonds is 5. The first kappa shape index (κ1) is 23.6. The van der Waals surface area contributed by atoms with Gasteiger partial charge < -0.3 is 14.3 Å². The minimum Gasteiger partial charge on any atom is -0.503 e. The first-order valence-electron chi connectivity index (χ1n) is 10.6. The number of ketones is 1. The Balaban J connectivity index is 1.49. The number of halogens is 3. The Labute approximate surface area is 219 Å². The molecule has 1 unspecified atom stereocenters. The van der Waals surface area contributed by atoms with Crippen LogP contribution < -0.4 is 9.64 Å². The number of amides is 1. The molecule has 37 heavy (non-hydrogen) atoms. The van der Waals surface area contributed by atoms with Gasteiger partial charge in [0, 0.05) is 27.4 Å². The third-order valence-electron chi connectivity index (χ3n) is 5.88. The average molecular weight is 559 g/mol. The minimum absolute atomic E-state index is 0.0656. The zero-order valence-corrected chi connectivity index (χ0v) is 21.0. The van der Waals surface area contributed by atoms with Gasteiger partial charge in [-0.05, 0) is 29.6 Å². The molecule has 1 amide bonds. The third kappa shape index (κ3) is 3.69. The molecular formula is C25H13ClF2N2O5S2. The summed E-state index contributed by atoms with van der Waals surface area (Å²) < 4.78 is 39.0. The van der Waals surface area contributed by atoms with Crippen molar-refractivity contribution in [3.05, 3.63) is 86.5 Å². The quantitative estimate of drug-likeness (QED) is 0.238. The molecule has 6 rings (SSSR count). The van der Waals surface area contributed by atoms with Crippen LogP contribution in [0.25, 0.3) is 21.2 Å². The van der Waals surface area contributed by atoms with Gasteiger partial charge in [-0.25, -0.2) is 13.8 Å². The molecule has 0 spiro atoms. The van der Waals surface area contributed by atoms with Crippen molar-refractivity contribution in [1.29, 1.82) is 0 Å². The highest BCUT2D eigenvalue weighted by atomic mass is 35.5. The van der Waals surface area contributed by atoms with Gasteiger partial charge in [0.1, 0.15) is 6.04 Å². The van der Waals surface area contributed by atoms with Gasteiger partial charge in [-0.3, -0.25) is 14.5 Å². The standard InChI is InChI=1S/C25H13ClF2N2O5S2/c1-34-16-7-11(26)5-10-6-15(35-23(10)16)21(31)19-20(17-3-2-4-36-17)30(24(33)22(19)32)25-29-14-8-12(27)13(28)9-18(14)37-25/h2-9,20,32H,1H3. The number of thiazole rings is 1. The lowest BCUT2D eigenvalue weighted by atomic mass is 10.0. The number of ether oxygens (including phenoxy) is 1. The van der Waals surface area contributed by atoms with Gasteiger partial charge >= 0.3 is 0 Å². The summed E-state index contributed by atoms with van der Waals surface area (Å²) in [7, 11) is 1.43. The van der Waals surface area contributed by atoms with E-state index in [1.165, 1.54) is 30.6 Å². The first-order valence-corrected chi connectivity index (χ1v) is 12.7. The number of fused-ring (bicyclic) bond motifs is 2. The number of anilines is 1. The van der Waals surface area contributed by atoms with Crippen LogP contribution in [0.3, 0.4) is 0 Å². The van der Waals surface area contributed by atoms with E-state index < -0.39 is 35.1 Å². The van der Waals surface area contributed by atoms with Gasteiger partial charge in [0.15, 0.2) is 39.6 Å². The Morgan fingerprint density at radius 3 is 2.73 bits per heavy atom. The predicted octanol–water partition coefficient (Wildman–Crippen LogP) is 6.83. The van der Waals surface area contributed by atoms with Crippen LogP contribution in [0.1, 0.15) is 21.5 Å². The van der Waals surface area contributed by atoms with Crippen LogP contribution in [0.5, 0.6) is 5.75 Å². The summed E-state index contributed by atoms with van der Waals surface area (Å²) in [6.45, 7) is 0.